The monoisotopic (exact) mass is 328 g/mol. The smallest absolute Gasteiger partial charge is 0.270 e. The zero-order valence-electron chi connectivity index (χ0n) is 14.0. The molecule has 1 N–H and O–H groups in total. The molecule has 126 valence electrons. The van der Waals surface area contributed by atoms with E-state index in [1.165, 1.54) is 0 Å². The molecule has 2 aromatic heterocycles. The summed E-state index contributed by atoms with van der Waals surface area (Å²) in [5.74, 6) is 1.45. The number of ether oxygens (including phenoxy) is 1. The fourth-order valence-electron chi connectivity index (χ4n) is 3.04. The van der Waals surface area contributed by atoms with Crippen molar-refractivity contribution in [2.75, 3.05) is 20.2 Å². The predicted octanol–water partition coefficient (Wildman–Crippen LogP) is 0.968. The van der Waals surface area contributed by atoms with Crippen molar-refractivity contribution in [3.05, 3.63) is 35.2 Å². The highest BCUT2D eigenvalue weighted by molar-refractivity contribution is 5.93. The van der Waals surface area contributed by atoms with E-state index in [0.717, 1.165) is 18.1 Å². The van der Waals surface area contributed by atoms with E-state index in [2.05, 4.69) is 21.3 Å². The lowest BCUT2D eigenvalue weighted by Crippen LogP contribution is -2.37. The van der Waals surface area contributed by atoms with Crippen molar-refractivity contribution in [1.82, 2.24) is 24.6 Å². The summed E-state index contributed by atoms with van der Waals surface area (Å²) in [6, 6.07) is 5.38. The zero-order chi connectivity index (χ0) is 17.3. The van der Waals surface area contributed by atoms with Crippen molar-refractivity contribution in [3.8, 4) is 6.07 Å². The van der Waals surface area contributed by atoms with Gasteiger partial charge in [-0.1, -0.05) is 0 Å². The minimum atomic E-state index is -0.139. The third-order valence-electron chi connectivity index (χ3n) is 4.41. The lowest BCUT2D eigenvalue weighted by atomic mass is 10.0. The fourth-order valence-corrected chi connectivity index (χ4v) is 3.04. The second-order valence-corrected chi connectivity index (χ2v) is 6.04. The van der Waals surface area contributed by atoms with Crippen LogP contribution in [0, 0.1) is 18.3 Å². The number of hydrogen-bond acceptors (Lipinski definition) is 5. The van der Waals surface area contributed by atoms with E-state index in [-0.39, 0.29) is 17.9 Å². The van der Waals surface area contributed by atoms with E-state index in [1.54, 1.807) is 35.7 Å². The van der Waals surface area contributed by atoms with E-state index < -0.39 is 0 Å². The first-order chi connectivity index (χ1) is 11.5. The molecule has 8 nitrogen and oxygen atoms in total. The summed E-state index contributed by atoms with van der Waals surface area (Å²) in [7, 11) is 3.45. The molecule has 0 aliphatic carbocycles. The Labute approximate surface area is 140 Å². The third-order valence-corrected chi connectivity index (χ3v) is 4.41. The Morgan fingerprint density at radius 1 is 1.58 bits per heavy atom. The van der Waals surface area contributed by atoms with Gasteiger partial charge in [0.15, 0.2) is 5.82 Å². The Kier molecular flexibility index (Phi) is 4.36. The SMILES string of the molecule is Cc1nc([C@@H]2CCO[C@@H]2CN(C)C(=O)c2ccc(C#N)n2C)n[nH]1. The predicted molar refractivity (Wildman–Crippen MR) is 85.3 cm³/mol. The topological polar surface area (TPSA) is 99.8 Å². The number of nitrogens with zero attached hydrogens (tertiary/aromatic N) is 5. The minimum Gasteiger partial charge on any atom is -0.376 e. The average Bonchev–Trinajstić information content (AvgIpc) is 3.26. The molecule has 0 spiro atoms. The molecule has 24 heavy (non-hydrogen) atoms. The molecule has 1 fully saturated rings. The van der Waals surface area contributed by atoms with Gasteiger partial charge in [-0.25, -0.2) is 4.98 Å². The highest BCUT2D eigenvalue weighted by Crippen LogP contribution is 2.29. The van der Waals surface area contributed by atoms with E-state index in [9.17, 15) is 4.79 Å². The number of rotatable bonds is 4. The van der Waals surface area contributed by atoms with Crippen LogP contribution in [0.2, 0.25) is 0 Å². The van der Waals surface area contributed by atoms with Gasteiger partial charge in [0.1, 0.15) is 23.3 Å². The Balaban J connectivity index is 1.71. The van der Waals surface area contributed by atoms with Crippen LogP contribution in [0.5, 0.6) is 0 Å². The summed E-state index contributed by atoms with van der Waals surface area (Å²) in [5, 5.41) is 16.1. The molecular weight excluding hydrogens is 308 g/mol. The molecular formula is C16H20N6O2. The number of carbonyl (C=O) groups excluding carboxylic acids is 1. The molecule has 1 saturated heterocycles. The molecule has 0 saturated carbocycles. The van der Waals surface area contributed by atoms with Crippen molar-refractivity contribution in [2.45, 2.75) is 25.4 Å². The van der Waals surface area contributed by atoms with Gasteiger partial charge in [-0.15, -0.1) is 0 Å². The van der Waals surface area contributed by atoms with Crippen LogP contribution in [0.25, 0.3) is 0 Å². The third kappa shape index (κ3) is 2.90. The molecule has 3 rings (SSSR count). The number of H-pyrrole nitrogens is 1. The van der Waals surface area contributed by atoms with E-state index >= 15 is 0 Å². The molecule has 1 aliphatic rings. The highest BCUT2D eigenvalue weighted by atomic mass is 16.5. The Hall–Kier alpha value is -2.66. The molecule has 0 bridgehead atoms. The Morgan fingerprint density at radius 2 is 2.38 bits per heavy atom. The van der Waals surface area contributed by atoms with E-state index in [1.807, 2.05) is 6.92 Å². The molecule has 1 amide bonds. The van der Waals surface area contributed by atoms with Crippen LogP contribution in [0.3, 0.4) is 0 Å². The van der Waals surface area contributed by atoms with E-state index in [4.69, 9.17) is 10.00 Å². The van der Waals surface area contributed by atoms with Gasteiger partial charge in [0.2, 0.25) is 0 Å². The lowest BCUT2D eigenvalue weighted by Gasteiger charge is -2.24. The van der Waals surface area contributed by atoms with Gasteiger partial charge in [-0.2, -0.15) is 10.4 Å². The first kappa shape index (κ1) is 16.2. The summed E-state index contributed by atoms with van der Waals surface area (Å²) < 4.78 is 7.40. The summed E-state index contributed by atoms with van der Waals surface area (Å²) in [6.45, 7) is 2.94. The van der Waals surface area contributed by atoms with Gasteiger partial charge in [-0.3, -0.25) is 9.89 Å². The summed E-state index contributed by atoms with van der Waals surface area (Å²) in [5.41, 5.74) is 0.940. The van der Waals surface area contributed by atoms with Crippen LogP contribution in [-0.2, 0) is 11.8 Å². The summed E-state index contributed by atoms with van der Waals surface area (Å²) >= 11 is 0. The number of hydrogen-bond donors (Lipinski definition) is 1. The fraction of sp³-hybridized carbons (Fsp3) is 0.500. The van der Waals surface area contributed by atoms with Crippen molar-refractivity contribution >= 4 is 5.91 Å². The number of amides is 1. The lowest BCUT2D eigenvalue weighted by molar-refractivity contribution is 0.0543. The standard InChI is InChI=1S/C16H20N6O2/c1-10-18-15(20-19-10)12-6-7-24-14(12)9-21(2)16(23)13-5-4-11(8-17)22(13)3/h4-5,12,14H,6-7,9H2,1-3H3,(H,18,19,20)/t12-,14-/m1/s1. The van der Waals surface area contributed by atoms with Gasteiger partial charge < -0.3 is 14.2 Å². The van der Waals surface area contributed by atoms with Crippen LogP contribution < -0.4 is 0 Å². The number of aromatic nitrogens is 4. The minimum absolute atomic E-state index is 0.0771. The number of likely N-dealkylation sites (N-methyl/N-ethyl adjacent to an activating group) is 1. The number of nitrogens with one attached hydrogen (secondary N) is 1. The van der Waals surface area contributed by atoms with Crippen molar-refractivity contribution in [3.63, 3.8) is 0 Å². The van der Waals surface area contributed by atoms with Crippen molar-refractivity contribution < 1.29 is 9.53 Å². The normalized spacial score (nSPS) is 20.1. The van der Waals surface area contributed by atoms with Gasteiger partial charge in [0, 0.05) is 27.2 Å². The maximum absolute atomic E-state index is 12.6. The highest BCUT2D eigenvalue weighted by Gasteiger charge is 2.34. The van der Waals surface area contributed by atoms with Crippen LogP contribution in [0.4, 0.5) is 0 Å². The molecule has 0 radical (unpaired) electrons. The van der Waals surface area contributed by atoms with Gasteiger partial charge >= 0.3 is 0 Å². The van der Waals surface area contributed by atoms with Crippen LogP contribution in [0.15, 0.2) is 12.1 Å². The molecule has 0 unspecified atom stereocenters. The van der Waals surface area contributed by atoms with Crippen LogP contribution >= 0.6 is 0 Å². The summed E-state index contributed by atoms with van der Waals surface area (Å²) in [6.07, 6.45) is 0.706. The van der Waals surface area contributed by atoms with Crippen molar-refractivity contribution in [2.24, 2.45) is 7.05 Å². The Morgan fingerprint density at radius 3 is 3.00 bits per heavy atom. The van der Waals surface area contributed by atoms with Gasteiger partial charge in [-0.05, 0) is 25.5 Å². The summed E-state index contributed by atoms with van der Waals surface area (Å²) in [4.78, 5) is 18.6. The van der Waals surface area contributed by atoms with Gasteiger partial charge in [0.25, 0.3) is 5.91 Å². The second kappa shape index (κ2) is 6.45. The average molecular weight is 328 g/mol. The van der Waals surface area contributed by atoms with Gasteiger partial charge in [0.05, 0.1) is 12.0 Å². The number of nitriles is 1. The van der Waals surface area contributed by atoms with Crippen LogP contribution in [0.1, 0.15) is 40.2 Å². The molecule has 0 aromatic carbocycles. The number of aryl methyl sites for hydroxylation is 1. The van der Waals surface area contributed by atoms with E-state index in [0.29, 0.717) is 24.5 Å². The first-order valence-corrected chi connectivity index (χ1v) is 7.83. The molecule has 2 aromatic rings. The zero-order valence-corrected chi connectivity index (χ0v) is 14.0. The molecule has 8 heteroatoms. The molecule has 2 atom stereocenters. The number of aromatic amines is 1. The quantitative estimate of drug-likeness (QED) is 0.901. The first-order valence-electron chi connectivity index (χ1n) is 7.83. The molecule has 3 heterocycles. The second-order valence-electron chi connectivity index (χ2n) is 6.04. The maximum atomic E-state index is 12.6. The maximum Gasteiger partial charge on any atom is 0.270 e. The molecule has 1 aliphatic heterocycles. The van der Waals surface area contributed by atoms with Crippen molar-refractivity contribution in [1.29, 1.82) is 5.26 Å². The van der Waals surface area contributed by atoms with Crippen LogP contribution in [-0.4, -0.2) is 56.9 Å². The largest absolute Gasteiger partial charge is 0.376 e. The Bertz CT molecular complexity index is 787. The number of carbonyl (C=O) groups is 1.